The van der Waals surface area contributed by atoms with Crippen LogP contribution in [0.4, 0.5) is 0 Å². The second kappa shape index (κ2) is 7.11. The van der Waals surface area contributed by atoms with Gasteiger partial charge in [0.05, 0.1) is 11.6 Å². The zero-order chi connectivity index (χ0) is 15.1. The summed E-state index contributed by atoms with van der Waals surface area (Å²) >= 11 is 0. The van der Waals surface area contributed by atoms with Crippen LogP contribution in [0.15, 0.2) is 48.5 Å². The van der Waals surface area contributed by atoms with Crippen LogP contribution in [0, 0.1) is 18.3 Å². The number of ether oxygens (including phenoxy) is 2. The van der Waals surface area contributed by atoms with Crippen molar-refractivity contribution in [3.8, 4) is 11.8 Å². The fourth-order valence-electron chi connectivity index (χ4n) is 1.74. The molecule has 21 heavy (non-hydrogen) atoms. The van der Waals surface area contributed by atoms with E-state index in [1.807, 2.05) is 37.3 Å². The first-order chi connectivity index (χ1) is 10.2. The number of nitrogens with zero attached hydrogens (tertiary/aromatic N) is 1. The van der Waals surface area contributed by atoms with Gasteiger partial charge in [-0.2, -0.15) is 5.26 Å². The molecule has 0 radical (unpaired) electrons. The number of rotatable bonds is 5. The van der Waals surface area contributed by atoms with E-state index in [4.69, 9.17) is 14.7 Å². The van der Waals surface area contributed by atoms with E-state index in [1.165, 1.54) is 0 Å². The van der Waals surface area contributed by atoms with Crippen molar-refractivity contribution in [2.24, 2.45) is 0 Å². The lowest BCUT2D eigenvalue weighted by atomic mass is 10.1. The quantitative estimate of drug-likeness (QED) is 0.790. The van der Waals surface area contributed by atoms with Crippen LogP contribution in [0.25, 0.3) is 0 Å². The fraction of sp³-hybridized carbons (Fsp3) is 0.176. The van der Waals surface area contributed by atoms with E-state index in [-0.39, 0.29) is 13.2 Å². The summed E-state index contributed by atoms with van der Waals surface area (Å²) in [5, 5.41) is 8.68. The van der Waals surface area contributed by atoms with Crippen LogP contribution in [-0.2, 0) is 16.1 Å². The lowest BCUT2D eigenvalue weighted by Gasteiger charge is -2.08. The standard InChI is InChI=1S/C17H15NO3/c1-13-4-2-3-5-15(13)11-21-17(19)12-20-16-8-6-14(10-18)7-9-16/h2-9H,11-12H2,1H3. The van der Waals surface area contributed by atoms with Crippen molar-refractivity contribution >= 4 is 5.97 Å². The number of hydrogen-bond donors (Lipinski definition) is 0. The highest BCUT2D eigenvalue weighted by Gasteiger charge is 2.06. The maximum Gasteiger partial charge on any atom is 0.344 e. The van der Waals surface area contributed by atoms with Gasteiger partial charge in [-0.15, -0.1) is 0 Å². The third-order valence-electron chi connectivity index (χ3n) is 2.99. The first-order valence-electron chi connectivity index (χ1n) is 6.52. The molecule has 2 aromatic rings. The van der Waals surface area contributed by atoms with Crippen molar-refractivity contribution in [3.05, 3.63) is 65.2 Å². The third-order valence-corrected chi connectivity index (χ3v) is 2.99. The summed E-state index contributed by atoms with van der Waals surface area (Å²) < 4.78 is 10.5. The van der Waals surface area contributed by atoms with E-state index >= 15 is 0 Å². The summed E-state index contributed by atoms with van der Waals surface area (Å²) in [7, 11) is 0. The van der Waals surface area contributed by atoms with Gasteiger partial charge in [-0.05, 0) is 42.3 Å². The molecule has 4 heteroatoms. The zero-order valence-corrected chi connectivity index (χ0v) is 11.7. The lowest BCUT2D eigenvalue weighted by Crippen LogP contribution is -2.15. The number of carbonyl (C=O) groups excluding carboxylic acids is 1. The number of carbonyl (C=O) groups is 1. The first-order valence-corrected chi connectivity index (χ1v) is 6.52. The summed E-state index contributed by atoms with van der Waals surface area (Å²) in [6.45, 7) is 2.05. The van der Waals surface area contributed by atoms with Gasteiger partial charge in [0.1, 0.15) is 12.4 Å². The highest BCUT2D eigenvalue weighted by atomic mass is 16.6. The van der Waals surface area contributed by atoms with E-state index in [1.54, 1.807) is 24.3 Å². The second-order valence-corrected chi connectivity index (χ2v) is 4.51. The maximum atomic E-state index is 11.6. The predicted octanol–water partition coefficient (Wildman–Crippen LogP) is 2.99. The highest BCUT2D eigenvalue weighted by molar-refractivity contribution is 5.71. The molecule has 0 aliphatic heterocycles. The van der Waals surface area contributed by atoms with Crippen molar-refractivity contribution in [2.75, 3.05) is 6.61 Å². The second-order valence-electron chi connectivity index (χ2n) is 4.51. The Hall–Kier alpha value is -2.80. The molecule has 2 rings (SSSR count). The zero-order valence-electron chi connectivity index (χ0n) is 11.7. The Bertz CT molecular complexity index is 656. The Morgan fingerprint density at radius 2 is 1.86 bits per heavy atom. The molecular formula is C17H15NO3. The van der Waals surface area contributed by atoms with E-state index in [0.29, 0.717) is 11.3 Å². The minimum absolute atomic E-state index is 0.155. The topological polar surface area (TPSA) is 59.3 Å². The molecule has 0 fully saturated rings. The van der Waals surface area contributed by atoms with Gasteiger partial charge in [0.2, 0.25) is 0 Å². The van der Waals surface area contributed by atoms with Gasteiger partial charge in [0, 0.05) is 0 Å². The van der Waals surface area contributed by atoms with Gasteiger partial charge in [-0.3, -0.25) is 0 Å². The maximum absolute atomic E-state index is 11.6. The fourth-order valence-corrected chi connectivity index (χ4v) is 1.74. The average molecular weight is 281 g/mol. The first kappa shape index (κ1) is 14.6. The van der Waals surface area contributed by atoms with Gasteiger partial charge < -0.3 is 9.47 Å². The Morgan fingerprint density at radius 1 is 1.14 bits per heavy atom. The Labute approximate surface area is 123 Å². The summed E-state index contributed by atoms with van der Waals surface area (Å²) in [5.41, 5.74) is 2.60. The molecule has 0 unspecified atom stereocenters. The van der Waals surface area contributed by atoms with Crippen molar-refractivity contribution < 1.29 is 14.3 Å². The van der Waals surface area contributed by atoms with Crippen LogP contribution < -0.4 is 4.74 Å². The molecule has 0 N–H and O–H groups in total. The van der Waals surface area contributed by atoms with Gasteiger partial charge in [0.25, 0.3) is 0 Å². The van der Waals surface area contributed by atoms with Crippen LogP contribution in [0.3, 0.4) is 0 Å². The highest BCUT2D eigenvalue weighted by Crippen LogP contribution is 2.12. The lowest BCUT2D eigenvalue weighted by molar-refractivity contribution is -0.147. The van der Waals surface area contributed by atoms with Crippen LogP contribution in [0.5, 0.6) is 5.75 Å². The molecule has 0 atom stereocenters. The summed E-state index contributed by atoms with van der Waals surface area (Å²) in [4.78, 5) is 11.6. The largest absolute Gasteiger partial charge is 0.482 e. The Balaban J connectivity index is 1.79. The summed E-state index contributed by atoms with van der Waals surface area (Å²) in [5.74, 6) is 0.101. The smallest absolute Gasteiger partial charge is 0.344 e. The van der Waals surface area contributed by atoms with Crippen molar-refractivity contribution in [2.45, 2.75) is 13.5 Å². The molecule has 0 amide bonds. The van der Waals surface area contributed by atoms with Gasteiger partial charge in [-0.1, -0.05) is 24.3 Å². The minimum Gasteiger partial charge on any atom is -0.482 e. The molecule has 4 nitrogen and oxygen atoms in total. The molecule has 0 saturated carbocycles. The number of esters is 1. The van der Waals surface area contributed by atoms with E-state index in [2.05, 4.69) is 0 Å². The molecule has 0 aromatic heterocycles. The van der Waals surface area contributed by atoms with E-state index < -0.39 is 5.97 Å². The molecule has 0 bridgehead atoms. The molecule has 0 aliphatic rings. The third kappa shape index (κ3) is 4.36. The minimum atomic E-state index is -0.428. The monoisotopic (exact) mass is 281 g/mol. The van der Waals surface area contributed by atoms with Gasteiger partial charge >= 0.3 is 5.97 Å². The van der Waals surface area contributed by atoms with Crippen molar-refractivity contribution in [1.82, 2.24) is 0 Å². The SMILES string of the molecule is Cc1ccccc1COC(=O)COc1ccc(C#N)cc1. The Kier molecular flexibility index (Phi) is 4.94. The molecular weight excluding hydrogens is 266 g/mol. The summed E-state index contributed by atoms with van der Waals surface area (Å²) in [6.07, 6.45) is 0. The number of aryl methyl sites for hydroxylation is 1. The van der Waals surface area contributed by atoms with Crippen LogP contribution in [-0.4, -0.2) is 12.6 Å². The number of hydrogen-bond acceptors (Lipinski definition) is 4. The van der Waals surface area contributed by atoms with E-state index in [9.17, 15) is 4.79 Å². The van der Waals surface area contributed by atoms with Crippen LogP contribution in [0.1, 0.15) is 16.7 Å². The molecule has 106 valence electrons. The van der Waals surface area contributed by atoms with Gasteiger partial charge in [-0.25, -0.2) is 4.79 Å². The molecule has 0 heterocycles. The van der Waals surface area contributed by atoms with E-state index in [0.717, 1.165) is 11.1 Å². The normalized spacial score (nSPS) is 9.71. The molecule has 0 spiro atoms. The molecule has 0 saturated heterocycles. The average Bonchev–Trinajstić information content (AvgIpc) is 2.52. The Morgan fingerprint density at radius 3 is 2.52 bits per heavy atom. The molecule has 0 aliphatic carbocycles. The van der Waals surface area contributed by atoms with Crippen LogP contribution >= 0.6 is 0 Å². The van der Waals surface area contributed by atoms with Crippen molar-refractivity contribution in [1.29, 1.82) is 5.26 Å². The van der Waals surface area contributed by atoms with Crippen molar-refractivity contribution in [3.63, 3.8) is 0 Å². The van der Waals surface area contributed by atoms with Crippen LogP contribution in [0.2, 0.25) is 0 Å². The van der Waals surface area contributed by atoms with Gasteiger partial charge in [0.15, 0.2) is 6.61 Å². The predicted molar refractivity (Wildman–Crippen MR) is 77.6 cm³/mol. The molecule has 2 aromatic carbocycles. The number of nitriles is 1. The number of benzene rings is 2. The summed E-state index contributed by atoms with van der Waals surface area (Å²) in [6, 6.07) is 16.3.